The smallest absolute Gasteiger partial charge is 0.165 e. The van der Waals surface area contributed by atoms with E-state index in [1.807, 2.05) is 19.1 Å². The van der Waals surface area contributed by atoms with Gasteiger partial charge in [-0.05, 0) is 50.3 Å². The maximum absolute atomic E-state index is 6.58. The zero-order chi connectivity index (χ0) is 14.4. The highest BCUT2D eigenvalue weighted by atomic mass is 35.5. The van der Waals surface area contributed by atoms with E-state index in [4.69, 9.17) is 16.6 Å². The van der Waals surface area contributed by atoms with Gasteiger partial charge in [0, 0.05) is 29.2 Å². The quantitative estimate of drug-likeness (QED) is 0.644. The molecule has 0 bridgehead atoms. The second-order valence-corrected chi connectivity index (χ2v) is 5.82. The summed E-state index contributed by atoms with van der Waals surface area (Å²) in [5, 5.41) is 5.32. The summed E-state index contributed by atoms with van der Waals surface area (Å²) in [7, 11) is 0. The average molecular weight is 299 g/mol. The third-order valence-electron chi connectivity index (χ3n) is 4.12. The van der Waals surface area contributed by atoms with Gasteiger partial charge in [0.25, 0.3) is 0 Å². The highest BCUT2D eigenvalue weighted by Gasteiger charge is 2.21. The number of hydrogen-bond donors (Lipinski definition) is 0. The van der Waals surface area contributed by atoms with Gasteiger partial charge < -0.3 is 0 Å². The van der Waals surface area contributed by atoms with Crippen LogP contribution in [-0.2, 0) is 12.8 Å². The van der Waals surface area contributed by atoms with Crippen LogP contribution in [0.4, 0.5) is 0 Å². The first kappa shape index (κ1) is 12.8. The number of hydrogen-bond acceptors (Lipinski definition) is 3. The average Bonchev–Trinajstić information content (AvgIpc) is 2.85. The van der Waals surface area contributed by atoms with Gasteiger partial charge in [-0.15, -0.1) is 0 Å². The molecular formula is C16H15ClN4. The summed E-state index contributed by atoms with van der Waals surface area (Å²) < 4.78 is 1.79. The number of pyridine rings is 1. The third kappa shape index (κ3) is 1.94. The molecule has 0 amide bonds. The number of aromatic nitrogens is 4. The van der Waals surface area contributed by atoms with Crippen molar-refractivity contribution in [2.75, 3.05) is 0 Å². The molecule has 0 aromatic carbocycles. The largest absolute Gasteiger partial charge is 0.265 e. The zero-order valence-corrected chi connectivity index (χ0v) is 12.6. The minimum atomic E-state index is 0.720. The van der Waals surface area contributed by atoms with E-state index in [2.05, 4.69) is 10.1 Å². The van der Waals surface area contributed by atoms with Crippen LogP contribution in [-0.4, -0.2) is 19.6 Å². The molecule has 0 fully saturated rings. The first-order chi connectivity index (χ1) is 10.3. The Hall–Kier alpha value is -1.94. The van der Waals surface area contributed by atoms with Gasteiger partial charge in [-0.1, -0.05) is 11.6 Å². The Bertz CT molecular complexity index is 823. The van der Waals surface area contributed by atoms with Gasteiger partial charge in [0.05, 0.1) is 5.69 Å². The molecule has 4 rings (SSSR count). The van der Waals surface area contributed by atoms with E-state index in [1.54, 1.807) is 16.9 Å². The molecule has 0 saturated carbocycles. The molecular weight excluding hydrogens is 284 g/mol. The zero-order valence-electron chi connectivity index (χ0n) is 11.8. The first-order valence-electron chi connectivity index (χ1n) is 7.22. The van der Waals surface area contributed by atoms with Crippen LogP contribution in [0.1, 0.15) is 29.8 Å². The van der Waals surface area contributed by atoms with Crippen molar-refractivity contribution in [2.45, 2.75) is 32.6 Å². The lowest BCUT2D eigenvalue weighted by molar-refractivity contribution is 0.660. The Morgan fingerprint density at radius 2 is 1.90 bits per heavy atom. The van der Waals surface area contributed by atoms with Crippen molar-refractivity contribution in [3.8, 4) is 11.1 Å². The van der Waals surface area contributed by atoms with Gasteiger partial charge in [-0.3, -0.25) is 4.98 Å². The molecule has 1 aliphatic rings. The van der Waals surface area contributed by atoms with E-state index in [9.17, 15) is 0 Å². The van der Waals surface area contributed by atoms with Gasteiger partial charge in [-0.2, -0.15) is 5.10 Å². The molecule has 3 aromatic heterocycles. The summed E-state index contributed by atoms with van der Waals surface area (Å²) >= 11 is 6.58. The molecule has 0 spiro atoms. The Morgan fingerprint density at radius 1 is 1.14 bits per heavy atom. The molecule has 5 heteroatoms. The molecule has 0 saturated heterocycles. The lowest BCUT2D eigenvalue weighted by atomic mass is 9.97. The van der Waals surface area contributed by atoms with Crippen molar-refractivity contribution in [3.05, 3.63) is 46.6 Å². The van der Waals surface area contributed by atoms with Crippen LogP contribution in [0.15, 0.2) is 24.5 Å². The second kappa shape index (κ2) is 4.81. The van der Waals surface area contributed by atoms with Crippen molar-refractivity contribution in [1.29, 1.82) is 0 Å². The summed E-state index contributed by atoms with van der Waals surface area (Å²) in [5.41, 5.74) is 6.22. The van der Waals surface area contributed by atoms with Crippen LogP contribution in [0.3, 0.4) is 0 Å². The number of halogens is 1. The molecule has 21 heavy (non-hydrogen) atoms. The van der Waals surface area contributed by atoms with E-state index in [1.165, 1.54) is 18.4 Å². The summed E-state index contributed by atoms with van der Waals surface area (Å²) in [6.07, 6.45) is 7.95. The van der Waals surface area contributed by atoms with Gasteiger partial charge in [-0.25, -0.2) is 9.50 Å². The Morgan fingerprint density at radius 3 is 2.71 bits per heavy atom. The number of nitrogens with zero attached hydrogens (tertiary/aromatic N) is 4. The minimum absolute atomic E-state index is 0.720. The fourth-order valence-corrected chi connectivity index (χ4v) is 3.42. The van der Waals surface area contributed by atoms with Gasteiger partial charge >= 0.3 is 0 Å². The number of fused-ring (bicyclic) bond motifs is 2. The van der Waals surface area contributed by atoms with E-state index in [-0.39, 0.29) is 0 Å². The van der Waals surface area contributed by atoms with Crippen LogP contribution in [0.5, 0.6) is 0 Å². The van der Waals surface area contributed by atoms with Crippen LogP contribution in [0.2, 0.25) is 5.15 Å². The molecule has 0 aliphatic heterocycles. The summed E-state index contributed by atoms with van der Waals surface area (Å²) in [6, 6.07) is 3.97. The molecule has 3 aromatic rings. The van der Waals surface area contributed by atoms with Gasteiger partial charge in [0.15, 0.2) is 5.65 Å². The predicted octanol–water partition coefficient (Wildman–Crippen LogP) is 3.63. The van der Waals surface area contributed by atoms with Crippen molar-refractivity contribution in [1.82, 2.24) is 19.6 Å². The van der Waals surface area contributed by atoms with Crippen LogP contribution >= 0.6 is 11.6 Å². The second-order valence-electron chi connectivity index (χ2n) is 5.47. The Kier molecular flexibility index (Phi) is 2.93. The lowest BCUT2D eigenvalue weighted by Gasteiger charge is -2.16. The topological polar surface area (TPSA) is 43.1 Å². The maximum atomic E-state index is 6.58. The van der Waals surface area contributed by atoms with E-state index >= 15 is 0 Å². The molecule has 0 N–H and O–H groups in total. The summed E-state index contributed by atoms with van der Waals surface area (Å²) in [5.74, 6) is 0. The van der Waals surface area contributed by atoms with E-state index in [0.29, 0.717) is 0 Å². The minimum Gasteiger partial charge on any atom is -0.265 e. The fourth-order valence-electron chi connectivity index (χ4n) is 3.10. The Labute approximate surface area is 127 Å². The molecule has 106 valence electrons. The molecule has 3 heterocycles. The number of aryl methyl sites for hydroxylation is 2. The molecule has 4 nitrogen and oxygen atoms in total. The highest BCUT2D eigenvalue weighted by Crippen LogP contribution is 2.33. The Balaban J connectivity index is 2.05. The summed E-state index contributed by atoms with van der Waals surface area (Å²) in [4.78, 5) is 8.95. The first-order valence-corrected chi connectivity index (χ1v) is 7.60. The van der Waals surface area contributed by atoms with Crippen molar-refractivity contribution in [2.24, 2.45) is 0 Å². The lowest BCUT2D eigenvalue weighted by Crippen LogP contribution is -2.10. The predicted molar refractivity (Wildman–Crippen MR) is 82.6 cm³/mol. The van der Waals surface area contributed by atoms with Gasteiger partial charge in [0.2, 0.25) is 0 Å². The van der Waals surface area contributed by atoms with Crippen molar-refractivity contribution >= 4 is 17.2 Å². The highest BCUT2D eigenvalue weighted by molar-refractivity contribution is 6.30. The van der Waals surface area contributed by atoms with Crippen molar-refractivity contribution < 1.29 is 0 Å². The van der Waals surface area contributed by atoms with Crippen LogP contribution in [0.25, 0.3) is 16.8 Å². The van der Waals surface area contributed by atoms with E-state index < -0.39 is 0 Å². The normalized spacial score (nSPS) is 14.4. The molecule has 0 radical (unpaired) electrons. The molecule has 1 aliphatic carbocycles. The number of rotatable bonds is 1. The SMILES string of the molecule is Cc1nn2c(Cl)c3c(nc2c1-c1ccncc1)CCCC3. The van der Waals surface area contributed by atoms with Crippen LogP contribution in [0, 0.1) is 6.92 Å². The van der Waals surface area contributed by atoms with Gasteiger partial charge in [0.1, 0.15) is 5.15 Å². The van der Waals surface area contributed by atoms with Crippen molar-refractivity contribution in [3.63, 3.8) is 0 Å². The van der Waals surface area contributed by atoms with E-state index in [0.717, 1.165) is 46.2 Å². The third-order valence-corrected chi connectivity index (χ3v) is 4.51. The molecule has 0 atom stereocenters. The molecule has 0 unspecified atom stereocenters. The van der Waals surface area contributed by atoms with Crippen LogP contribution < -0.4 is 0 Å². The maximum Gasteiger partial charge on any atom is 0.165 e. The fraction of sp³-hybridized carbons (Fsp3) is 0.312. The monoisotopic (exact) mass is 298 g/mol. The standard InChI is InChI=1S/C16H15ClN4/c1-10-14(11-6-8-18-9-7-11)16-19-13-5-3-2-4-12(13)15(17)21(16)20-10/h6-9H,2-5H2,1H3. The summed E-state index contributed by atoms with van der Waals surface area (Å²) in [6.45, 7) is 2.00.